The first kappa shape index (κ1) is 27.0. The number of aromatic nitrogens is 1. The number of nitrogens with zero attached hydrogens (tertiary/aromatic N) is 4. The van der Waals surface area contributed by atoms with Crippen molar-refractivity contribution in [1.29, 1.82) is 5.26 Å². The summed E-state index contributed by atoms with van der Waals surface area (Å²) in [6, 6.07) is 16.6. The van der Waals surface area contributed by atoms with E-state index in [-0.39, 0.29) is 12.1 Å². The maximum Gasteiger partial charge on any atom is 0.319 e. The minimum atomic E-state index is -0.227. The predicted octanol–water partition coefficient (Wildman–Crippen LogP) is 5.45. The number of anilines is 1. The van der Waals surface area contributed by atoms with E-state index in [0.717, 1.165) is 79.9 Å². The minimum Gasteiger partial charge on any atom is -0.493 e. The van der Waals surface area contributed by atoms with Crippen LogP contribution in [0.1, 0.15) is 51.1 Å². The van der Waals surface area contributed by atoms with E-state index in [1.807, 2.05) is 50.2 Å². The van der Waals surface area contributed by atoms with Crippen LogP contribution in [0, 0.1) is 11.3 Å². The molecule has 0 atom stereocenters. The van der Waals surface area contributed by atoms with Gasteiger partial charge in [-0.3, -0.25) is 0 Å². The highest BCUT2D eigenvalue weighted by Gasteiger charge is 2.28. The molecule has 1 aromatic heterocycles. The van der Waals surface area contributed by atoms with Crippen molar-refractivity contribution in [2.45, 2.75) is 51.6 Å². The van der Waals surface area contributed by atoms with E-state index in [1.165, 1.54) is 6.42 Å². The Kier molecular flexibility index (Phi) is 8.39. The number of carbonyl (C=O) groups excluding carboxylic acids is 1. The van der Waals surface area contributed by atoms with Gasteiger partial charge >= 0.3 is 6.03 Å². The van der Waals surface area contributed by atoms with Crippen molar-refractivity contribution in [3.8, 4) is 23.1 Å². The third kappa shape index (κ3) is 6.21. The Morgan fingerprint density at radius 3 is 2.49 bits per heavy atom. The van der Waals surface area contributed by atoms with Gasteiger partial charge in [0.2, 0.25) is 0 Å². The first-order chi connectivity index (χ1) is 18.9. The zero-order chi connectivity index (χ0) is 27.4. The normalized spacial score (nSPS) is 16.7. The molecule has 5 rings (SSSR count). The summed E-state index contributed by atoms with van der Waals surface area (Å²) in [5, 5.41) is 16.9. The average molecular weight is 529 g/mol. The van der Waals surface area contributed by atoms with Crippen LogP contribution < -0.4 is 15.4 Å². The lowest BCUT2D eigenvalue weighted by atomic mass is 9.92. The van der Waals surface area contributed by atoms with Crippen molar-refractivity contribution < 1.29 is 9.53 Å². The van der Waals surface area contributed by atoms with Gasteiger partial charge in [-0.1, -0.05) is 12.1 Å². The predicted molar refractivity (Wildman–Crippen MR) is 156 cm³/mol. The molecule has 1 saturated heterocycles. The molecule has 1 aliphatic heterocycles. The molecule has 0 spiro atoms. The SMILES string of the molecule is CC(C)NC(=O)Nc1ccc(-c2c(C#N)c3ccc(OCCCN4CCN(C)CC4)cc3n2C2CCC2)cc1. The Labute approximate surface area is 231 Å². The molecule has 8 heteroatoms. The Morgan fingerprint density at radius 1 is 1.10 bits per heavy atom. The van der Waals surface area contributed by atoms with Crippen LogP contribution in [0.15, 0.2) is 42.5 Å². The second-order valence-corrected chi connectivity index (χ2v) is 11.1. The molecule has 2 aliphatic rings. The number of nitriles is 1. The van der Waals surface area contributed by atoms with E-state index in [0.29, 0.717) is 23.9 Å². The number of hydrogen-bond donors (Lipinski definition) is 2. The highest BCUT2D eigenvalue weighted by Crippen LogP contribution is 2.43. The third-order valence-corrected chi connectivity index (χ3v) is 7.85. The van der Waals surface area contributed by atoms with E-state index < -0.39 is 0 Å². The number of rotatable bonds is 9. The van der Waals surface area contributed by atoms with Gasteiger partial charge in [0.05, 0.1) is 23.4 Å². The Balaban J connectivity index is 1.36. The maximum absolute atomic E-state index is 12.1. The molecule has 0 unspecified atom stereocenters. The van der Waals surface area contributed by atoms with Crippen molar-refractivity contribution in [3.63, 3.8) is 0 Å². The van der Waals surface area contributed by atoms with Gasteiger partial charge in [0, 0.05) is 61.9 Å². The summed E-state index contributed by atoms with van der Waals surface area (Å²) in [5.74, 6) is 0.853. The van der Waals surface area contributed by atoms with Crippen molar-refractivity contribution in [2.24, 2.45) is 0 Å². The van der Waals surface area contributed by atoms with Crippen LogP contribution in [-0.4, -0.2) is 72.8 Å². The molecule has 2 fully saturated rings. The number of likely N-dealkylation sites (N-methyl/N-ethyl adjacent to an activating group) is 1. The van der Waals surface area contributed by atoms with Crippen molar-refractivity contribution in [1.82, 2.24) is 19.7 Å². The van der Waals surface area contributed by atoms with E-state index in [4.69, 9.17) is 4.74 Å². The quantitative estimate of drug-likeness (QED) is 0.361. The molecule has 2 heterocycles. The molecule has 1 saturated carbocycles. The summed E-state index contributed by atoms with van der Waals surface area (Å²) in [4.78, 5) is 17.0. The Bertz CT molecular complexity index is 1330. The molecule has 2 N–H and O–H groups in total. The van der Waals surface area contributed by atoms with E-state index >= 15 is 0 Å². The number of piperazine rings is 1. The summed E-state index contributed by atoms with van der Waals surface area (Å²) in [7, 11) is 2.18. The van der Waals surface area contributed by atoms with E-state index in [1.54, 1.807) is 0 Å². The summed E-state index contributed by atoms with van der Waals surface area (Å²) in [5.41, 5.74) is 4.38. The van der Waals surface area contributed by atoms with Gasteiger partial charge in [-0.15, -0.1) is 0 Å². The zero-order valence-electron chi connectivity index (χ0n) is 23.4. The van der Waals surface area contributed by atoms with Crippen molar-refractivity contribution >= 4 is 22.6 Å². The van der Waals surface area contributed by atoms with Gasteiger partial charge < -0.3 is 29.7 Å². The van der Waals surface area contributed by atoms with Gasteiger partial charge in [0.25, 0.3) is 0 Å². The van der Waals surface area contributed by atoms with Gasteiger partial charge in [-0.25, -0.2) is 4.79 Å². The second kappa shape index (κ2) is 12.1. The lowest BCUT2D eigenvalue weighted by Gasteiger charge is -2.32. The number of hydrogen-bond acceptors (Lipinski definition) is 5. The van der Waals surface area contributed by atoms with Gasteiger partial charge in [-0.2, -0.15) is 5.26 Å². The highest BCUT2D eigenvalue weighted by atomic mass is 16.5. The number of carbonyl (C=O) groups is 1. The summed E-state index contributed by atoms with van der Waals surface area (Å²) in [6.07, 6.45) is 4.40. The summed E-state index contributed by atoms with van der Waals surface area (Å²) < 4.78 is 8.55. The topological polar surface area (TPSA) is 85.6 Å². The van der Waals surface area contributed by atoms with Crippen LogP contribution in [0.2, 0.25) is 0 Å². The summed E-state index contributed by atoms with van der Waals surface area (Å²) >= 11 is 0. The standard InChI is InChI=1S/C31H40N6O2/c1-22(2)33-31(38)34-24-10-8-23(9-11-24)30-28(21-32)27-13-12-26(20-29(27)37(30)25-6-4-7-25)39-19-5-14-36-17-15-35(3)16-18-36/h8-13,20,22,25H,4-7,14-19H2,1-3H3,(H2,33,34,38). The molecule has 1 aliphatic carbocycles. The molecule has 0 radical (unpaired) electrons. The lowest BCUT2D eigenvalue weighted by molar-refractivity contribution is 0.145. The molecule has 2 aromatic carbocycles. The summed E-state index contributed by atoms with van der Waals surface area (Å²) in [6.45, 7) is 10.1. The van der Waals surface area contributed by atoms with Gasteiger partial charge in [0.1, 0.15) is 11.8 Å². The first-order valence-electron chi connectivity index (χ1n) is 14.2. The molecular formula is C31H40N6O2. The van der Waals surface area contributed by atoms with E-state index in [2.05, 4.69) is 44.2 Å². The fourth-order valence-corrected chi connectivity index (χ4v) is 5.49. The molecular weight excluding hydrogens is 488 g/mol. The largest absolute Gasteiger partial charge is 0.493 e. The number of benzene rings is 2. The number of fused-ring (bicyclic) bond motifs is 1. The maximum atomic E-state index is 12.1. The van der Waals surface area contributed by atoms with Crippen LogP contribution in [0.4, 0.5) is 10.5 Å². The average Bonchev–Trinajstić information content (AvgIpc) is 3.20. The number of ether oxygens (including phenoxy) is 1. The monoisotopic (exact) mass is 528 g/mol. The lowest BCUT2D eigenvalue weighted by Crippen LogP contribution is -2.44. The van der Waals surface area contributed by atoms with Crippen LogP contribution >= 0.6 is 0 Å². The molecule has 3 aromatic rings. The number of nitrogens with one attached hydrogen (secondary N) is 2. The third-order valence-electron chi connectivity index (χ3n) is 7.85. The van der Waals surface area contributed by atoms with Crippen molar-refractivity contribution in [3.05, 3.63) is 48.0 Å². The molecule has 39 heavy (non-hydrogen) atoms. The Hall–Kier alpha value is -3.54. The zero-order valence-corrected chi connectivity index (χ0v) is 23.4. The minimum absolute atomic E-state index is 0.0615. The molecule has 206 valence electrons. The van der Waals surface area contributed by atoms with Crippen LogP contribution in [-0.2, 0) is 0 Å². The van der Waals surface area contributed by atoms with Gasteiger partial charge in [-0.05, 0) is 76.4 Å². The number of amides is 2. The molecule has 0 bridgehead atoms. The second-order valence-electron chi connectivity index (χ2n) is 11.1. The fraction of sp³-hybridized carbons (Fsp3) is 0.484. The van der Waals surface area contributed by atoms with Crippen LogP contribution in [0.5, 0.6) is 5.75 Å². The Morgan fingerprint density at radius 2 is 1.85 bits per heavy atom. The number of urea groups is 1. The van der Waals surface area contributed by atoms with Gasteiger partial charge in [0.15, 0.2) is 0 Å². The smallest absolute Gasteiger partial charge is 0.319 e. The van der Waals surface area contributed by atoms with E-state index in [9.17, 15) is 10.1 Å². The van der Waals surface area contributed by atoms with Crippen LogP contribution in [0.25, 0.3) is 22.2 Å². The van der Waals surface area contributed by atoms with Crippen molar-refractivity contribution in [2.75, 3.05) is 51.7 Å². The molecule has 2 amide bonds. The fourth-order valence-electron chi connectivity index (χ4n) is 5.49. The first-order valence-corrected chi connectivity index (χ1v) is 14.2. The highest BCUT2D eigenvalue weighted by molar-refractivity contribution is 5.96. The van der Waals surface area contributed by atoms with Crippen LogP contribution in [0.3, 0.4) is 0 Å². The molecule has 8 nitrogen and oxygen atoms in total.